The van der Waals surface area contributed by atoms with E-state index in [0.717, 1.165) is 50.7 Å². The molecule has 0 aliphatic carbocycles. The van der Waals surface area contributed by atoms with Gasteiger partial charge < -0.3 is 9.80 Å². The summed E-state index contributed by atoms with van der Waals surface area (Å²) < 4.78 is 15.0. The molecule has 2 heterocycles. The molecule has 1 fully saturated rings. The number of rotatable bonds is 9. The van der Waals surface area contributed by atoms with Crippen molar-refractivity contribution in [2.24, 2.45) is 9.98 Å². The number of nitrogens with zero attached hydrogens (tertiary/aromatic N) is 4. The van der Waals surface area contributed by atoms with Crippen LogP contribution in [0.5, 0.6) is 0 Å². The van der Waals surface area contributed by atoms with E-state index in [0.29, 0.717) is 23.7 Å². The fourth-order valence-corrected chi connectivity index (χ4v) is 5.45. The highest BCUT2D eigenvalue weighted by molar-refractivity contribution is 6.31. The number of fused-ring (bicyclic) bond motifs is 1. The summed E-state index contributed by atoms with van der Waals surface area (Å²) in [7, 11) is 0. The standard InChI is InChI=1S/C31H35ClFN5/c1-2-3-17-34-30-36-31-35-20-25(18-23-11-6-4-7-12-23)37(31)21-26(19-24-13-8-5-9-14-24)38(30)22-27-28(32)15-10-16-29(27)33/h4-16,25-26H,2-3,17-22H2,1H3,(H,34,35,36). The van der Waals surface area contributed by atoms with Gasteiger partial charge in [-0.2, -0.15) is 0 Å². The van der Waals surface area contributed by atoms with E-state index >= 15 is 4.39 Å². The Hall–Kier alpha value is -3.38. The molecular weight excluding hydrogens is 497 g/mol. The van der Waals surface area contributed by atoms with Crippen molar-refractivity contribution in [3.05, 3.63) is 106 Å². The topological polar surface area (TPSA) is 43.2 Å². The van der Waals surface area contributed by atoms with Gasteiger partial charge in [-0.3, -0.25) is 15.3 Å². The Labute approximate surface area is 230 Å². The van der Waals surface area contributed by atoms with Crippen LogP contribution in [0.2, 0.25) is 5.02 Å². The predicted octanol–water partition coefficient (Wildman–Crippen LogP) is 5.93. The maximum Gasteiger partial charge on any atom is 0.201 e. The van der Waals surface area contributed by atoms with E-state index in [1.165, 1.54) is 17.2 Å². The molecule has 1 saturated heterocycles. The summed E-state index contributed by atoms with van der Waals surface area (Å²) in [4.78, 5) is 14.5. The van der Waals surface area contributed by atoms with Crippen LogP contribution in [0.25, 0.3) is 0 Å². The van der Waals surface area contributed by atoms with Gasteiger partial charge in [0.25, 0.3) is 0 Å². The molecule has 1 N–H and O–H groups in total. The minimum Gasteiger partial charge on any atom is -0.335 e. The summed E-state index contributed by atoms with van der Waals surface area (Å²) >= 11 is 6.52. The number of hydrogen-bond acceptors (Lipinski definition) is 3. The quantitative estimate of drug-likeness (QED) is 0.348. The number of aliphatic imine (C=N–C) groups is 2. The van der Waals surface area contributed by atoms with E-state index in [9.17, 15) is 0 Å². The second-order valence-electron chi connectivity index (χ2n) is 10.0. The smallest absolute Gasteiger partial charge is 0.201 e. The van der Waals surface area contributed by atoms with E-state index in [-0.39, 0.29) is 17.9 Å². The van der Waals surface area contributed by atoms with Crippen LogP contribution >= 0.6 is 11.6 Å². The van der Waals surface area contributed by atoms with Crippen LogP contribution < -0.4 is 5.32 Å². The summed E-state index contributed by atoms with van der Waals surface area (Å²) in [6, 6.07) is 26.2. The molecule has 3 aromatic rings. The van der Waals surface area contributed by atoms with E-state index in [1.807, 2.05) is 12.1 Å². The first-order valence-electron chi connectivity index (χ1n) is 13.5. The first kappa shape index (κ1) is 26.2. The zero-order valence-corrected chi connectivity index (χ0v) is 22.6. The molecule has 2 aliphatic heterocycles. The van der Waals surface area contributed by atoms with Gasteiger partial charge in [-0.05, 0) is 42.5 Å². The van der Waals surface area contributed by atoms with Crippen molar-refractivity contribution >= 4 is 23.5 Å². The van der Waals surface area contributed by atoms with Crippen molar-refractivity contribution in [2.75, 3.05) is 19.6 Å². The summed E-state index contributed by atoms with van der Waals surface area (Å²) in [6.07, 6.45) is 3.74. The number of guanidine groups is 2. The molecule has 5 nitrogen and oxygen atoms in total. The minimum absolute atomic E-state index is 0.0324. The summed E-state index contributed by atoms with van der Waals surface area (Å²) in [5, 5.41) is 3.99. The molecule has 0 aromatic heterocycles. The molecule has 198 valence electrons. The molecule has 2 atom stereocenters. The van der Waals surface area contributed by atoms with Crippen molar-refractivity contribution in [3.63, 3.8) is 0 Å². The minimum atomic E-state index is -0.298. The maximum atomic E-state index is 15.0. The normalized spacial score (nSPS) is 20.2. The monoisotopic (exact) mass is 531 g/mol. The molecule has 7 heteroatoms. The molecule has 3 aromatic carbocycles. The predicted molar refractivity (Wildman–Crippen MR) is 154 cm³/mol. The van der Waals surface area contributed by atoms with Crippen LogP contribution in [0.3, 0.4) is 0 Å². The van der Waals surface area contributed by atoms with E-state index in [1.54, 1.807) is 12.1 Å². The molecular formula is C31H35ClFN5. The number of nitrogens with one attached hydrogen (secondary N) is 1. The van der Waals surface area contributed by atoms with Crippen LogP contribution in [0.4, 0.5) is 4.39 Å². The fraction of sp³-hybridized carbons (Fsp3) is 0.355. The zero-order valence-electron chi connectivity index (χ0n) is 21.9. The summed E-state index contributed by atoms with van der Waals surface area (Å²) in [5.74, 6) is 1.29. The lowest BCUT2D eigenvalue weighted by molar-refractivity contribution is 0.227. The van der Waals surface area contributed by atoms with Crippen LogP contribution in [0, 0.1) is 5.82 Å². The summed E-state index contributed by atoms with van der Waals surface area (Å²) in [5.41, 5.74) is 3.01. The van der Waals surface area contributed by atoms with Gasteiger partial charge in [0.1, 0.15) is 5.82 Å². The second kappa shape index (κ2) is 12.4. The number of hydrogen-bond donors (Lipinski definition) is 1. The van der Waals surface area contributed by atoms with E-state index in [2.05, 4.69) is 70.6 Å². The molecule has 0 radical (unpaired) electrons. The van der Waals surface area contributed by atoms with Gasteiger partial charge in [0.15, 0.2) is 0 Å². The van der Waals surface area contributed by atoms with E-state index < -0.39 is 0 Å². The highest BCUT2D eigenvalue weighted by Crippen LogP contribution is 2.26. The lowest BCUT2D eigenvalue weighted by atomic mass is 10.0. The van der Waals surface area contributed by atoms with E-state index in [4.69, 9.17) is 21.6 Å². The Balaban J connectivity index is 1.51. The van der Waals surface area contributed by atoms with Crippen LogP contribution in [-0.2, 0) is 19.4 Å². The first-order valence-corrected chi connectivity index (χ1v) is 13.9. The first-order chi connectivity index (χ1) is 18.6. The number of benzene rings is 3. The van der Waals surface area contributed by atoms with Gasteiger partial charge in [-0.15, -0.1) is 0 Å². The van der Waals surface area contributed by atoms with Gasteiger partial charge in [-0.1, -0.05) is 91.7 Å². The molecule has 0 saturated carbocycles. The molecule has 2 aliphatic rings. The average Bonchev–Trinajstić information content (AvgIpc) is 3.22. The third-order valence-corrected chi connectivity index (χ3v) is 7.65. The Bertz CT molecular complexity index is 1240. The van der Waals surface area contributed by atoms with Crippen molar-refractivity contribution in [2.45, 2.75) is 51.2 Å². The summed E-state index contributed by atoms with van der Waals surface area (Å²) in [6.45, 7) is 4.66. The third-order valence-electron chi connectivity index (χ3n) is 7.30. The second-order valence-corrected chi connectivity index (χ2v) is 10.4. The van der Waals surface area contributed by atoms with Crippen LogP contribution in [-0.4, -0.2) is 53.4 Å². The SMILES string of the molecule is CCCCN=C1NC2=NCC(Cc3ccccc3)N2CC(Cc2ccccc2)N1Cc1c(F)cccc1Cl. The van der Waals surface area contributed by atoms with Gasteiger partial charge in [-0.25, -0.2) is 4.39 Å². The maximum absolute atomic E-state index is 15.0. The zero-order chi connectivity index (χ0) is 26.3. The number of halogens is 2. The van der Waals surface area contributed by atoms with Crippen molar-refractivity contribution in [3.8, 4) is 0 Å². The van der Waals surface area contributed by atoms with Crippen molar-refractivity contribution in [1.29, 1.82) is 0 Å². The highest BCUT2D eigenvalue weighted by Gasteiger charge is 2.37. The third kappa shape index (κ3) is 6.18. The lowest BCUT2D eigenvalue weighted by Crippen LogP contribution is -2.47. The highest BCUT2D eigenvalue weighted by atomic mass is 35.5. The molecule has 38 heavy (non-hydrogen) atoms. The Kier molecular flexibility index (Phi) is 8.59. The molecule has 0 amide bonds. The molecule has 0 spiro atoms. The molecule has 0 bridgehead atoms. The van der Waals surface area contributed by atoms with Gasteiger partial charge in [0, 0.05) is 23.7 Å². The van der Waals surface area contributed by atoms with Crippen LogP contribution in [0.1, 0.15) is 36.5 Å². The van der Waals surface area contributed by atoms with Gasteiger partial charge >= 0.3 is 0 Å². The Morgan fingerprint density at radius 2 is 1.63 bits per heavy atom. The van der Waals surface area contributed by atoms with Crippen molar-refractivity contribution < 1.29 is 4.39 Å². The van der Waals surface area contributed by atoms with Crippen molar-refractivity contribution in [1.82, 2.24) is 15.1 Å². The average molecular weight is 532 g/mol. The lowest BCUT2D eigenvalue weighted by Gasteiger charge is -2.34. The number of unbranched alkanes of at least 4 members (excludes halogenated alkanes) is 1. The largest absolute Gasteiger partial charge is 0.335 e. The molecule has 2 unspecified atom stereocenters. The van der Waals surface area contributed by atoms with Crippen LogP contribution in [0.15, 0.2) is 88.8 Å². The fourth-order valence-electron chi connectivity index (χ4n) is 5.22. The Morgan fingerprint density at radius 3 is 2.29 bits per heavy atom. The molecule has 5 rings (SSSR count). The van der Waals surface area contributed by atoms with Gasteiger partial charge in [0.2, 0.25) is 11.9 Å². The van der Waals surface area contributed by atoms with Gasteiger partial charge in [0.05, 0.1) is 25.2 Å². The Morgan fingerprint density at radius 1 is 0.947 bits per heavy atom.